The van der Waals surface area contributed by atoms with Crippen LogP contribution in [-0.2, 0) is 16.1 Å². The second-order valence-electron chi connectivity index (χ2n) is 5.14. The van der Waals surface area contributed by atoms with E-state index in [9.17, 15) is 14.9 Å². The monoisotopic (exact) mass is 331 g/mol. The van der Waals surface area contributed by atoms with Gasteiger partial charge in [-0.25, -0.2) is 0 Å². The van der Waals surface area contributed by atoms with Crippen LogP contribution in [0, 0.1) is 24.0 Å². The molecule has 0 heterocycles. The van der Waals surface area contributed by atoms with Gasteiger partial charge < -0.3 is 4.74 Å². The molecule has 0 aliphatic heterocycles. The minimum absolute atomic E-state index is 0.0190. The van der Waals surface area contributed by atoms with E-state index in [2.05, 4.69) is 0 Å². The first kappa shape index (κ1) is 17.0. The van der Waals surface area contributed by atoms with Crippen LogP contribution in [-0.4, -0.2) is 16.6 Å². The summed E-state index contributed by atoms with van der Waals surface area (Å²) in [5, 5.41) is 10.6. The summed E-state index contributed by atoms with van der Waals surface area (Å²) < 4.78 is 5.19. The molecule has 0 saturated heterocycles. The van der Waals surface area contributed by atoms with Gasteiger partial charge in [-0.2, -0.15) is 0 Å². The Balaban J connectivity index is 1.83. The molecule has 0 atom stereocenters. The normalized spacial score (nSPS) is 10.3. The smallest absolute Gasteiger partial charge is 0.316 e. The molecule has 5 nitrogen and oxygen atoms in total. The minimum Gasteiger partial charge on any atom is -0.460 e. The molecule has 0 unspecified atom stereocenters. The summed E-state index contributed by atoms with van der Waals surface area (Å²) in [5.41, 5.74) is 3.02. The summed E-state index contributed by atoms with van der Waals surface area (Å²) >= 11 is 1.45. The van der Waals surface area contributed by atoms with Gasteiger partial charge in [0.1, 0.15) is 6.61 Å². The zero-order valence-electron chi connectivity index (χ0n) is 12.9. The van der Waals surface area contributed by atoms with Gasteiger partial charge >= 0.3 is 5.97 Å². The van der Waals surface area contributed by atoms with Crippen molar-refractivity contribution in [2.24, 2.45) is 0 Å². The summed E-state index contributed by atoms with van der Waals surface area (Å²) in [6, 6.07) is 12.1. The van der Waals surface area contributed by atoms with Gasteiger partial charge in [0.05, 0.1) is 10.7 Å². The SMILES string of the molecule is Cc1ccc(C)c(SCC(=O)OCc2ccc([N+](=O)[O-])cc2)c1. The fourth-order valence-corrected chi connectivity index (χ4v) is 2.84. The number of nitro benzene ring substituents is 1. The first-order chi connectivity index (χ1) is 11.0. The van der Waals surface area contributed by atoms with E-state index in [4.69, 9.17) is 4.74 Å². The average molecular weight is 331 g/mol. The Morgan fingerprint density at radius 2 is 1.87 bits per heavy atom. The Labute approximate surface area is 138 Å². The lowest BCUT2D eigenvalue weighted by atomic mass is 10.2. The number of aryl methyl sites for hydroxylation is 2. The zero-order chi connectivity index (χ0) is 16.8. The highest BCUT2D eigenvalue weighted by atomic mass is 32.2. The first-order valence-corrected chi connectivity index (χ1v) is 8.03. The highest BCUT2D eigenvalue weighted by molar-refractivity contribution is 8.00. The highest BCUT2D eigenvalue weighted by Crippen LogP contribution is 2.23. The predicted molar refractivity (Wildman–Crippen MR) is 89.5 cm³/mol. The van der Waals surface area contributed by atoms with Crippen molar-refractivity contribution < 1.29 is 14.5 Å². The molecule has 0 aromatic heterocycles. The Morgan fingerprint density at radius 1 is 1.17 bits per heavy atom. The highest BCUT2D eigenvalue weighted by Gasteiger charge is 2.08. The largest absolute Gasteiger partial charge is 0.460 e. The molecule has 0 N–H and O–H groups in total. The number of hydrogen-bond donors (Lipinski definition) is 0. The van der Waals surface area contributed by atoms with E-state index in [1.165, 1.54) is 23.9 Å². The molecule has 0 fully saturated rings. The molecule has 0 spiro atoms. The molecular weight excluding hydrogens is 314 g/mol. The standard InChI is InChI=1S/C17H17NO4S/c1-12-3-4-13(2)16(9-12)23-11-17(19)22-10-14-5-7-15(8-6-14)18(20)21/h3-9H,10-11H2,1-2H3. The lowest BCUT2D eigenvalue weighted by Gasteiger charge is -2.07. The number of thioether (sulfide) groups is 1. The van der Waals surface area contributed by atoms with Crippen LogP contribution in [0.2, 0.25) is 0 Å². The molecule has 0 bridgehead atoms. The summed E-state index contributed by atoms with van der Waals surface area (Å²) in [7, 11) is 0. The van der Waals surface area contributed by atoms with E-state index >= 15 is 0 Å². The number of carbonyl (C=O) groups is 1. The minimum atomic E-state index is -0.462. The van der Waals surface area contributed by atoms with Crippen molar-refractivity contribution in [3.8, 4) is 0 Å². The van der Waals surface area contributed by atoms with Crippen LogP contribution in [0.25, 0.3) is 0 Å². The molecule has 2 aromatic carbocycles. The lowest BCUT2D eigenvalue weighted by Crippen LogP contribution is -2.07. The van der Waals surface area contributed by atoms with Gasteiger partial charge in [-0.05, 0) is 43.2 Å². The topological polar surface area (TPSA) is 69.4 Å². The quantitative estimate of drug-likeness (QED) is 0.346. The Hall–Kier alpha value is -2.34. The summed E-state index contributed by atoms with van der Waals surface area (Å²) in [6.07, 6.45) is 0. The number of carbonyl (C=O) groups excluding carboxylic acids is 1. The number of hydrogen-bond acceptors (Lipinski definition) is 5. The van der Waals surface area contributed by atoms with E-state index in [1.807, 2.05) is 32.0 Å². The van der Waals surface area contributed by atoms with Crippen LogP contribution < -0.4 is 0 Å². The molecule has 23 heavy (non-hydrogen) atoms. The molecule has 120 valence electrons. The van der Waals surface area contributed by atoms with Gasteiger partial charge in [-0.3, -0.25) is 14.9 Å². The van der Waals surface area contributed by atoms with Crippen molar-refractivity contribution in [3.05, 3.63) is 69.3 Å². The van der Waals surface area contributed by atoms with E-state index in [-0.39, 0.29) is 24.0 Å². The van der Waals surface area contributed by atoms with Crippen molar-refractivity contribution in [1.82, 2.24) is 0 Å². The third kappa shape index (κ3) is 5.10. The van der Waals surface area contributed by atoms with Crippen LogP contribution >= 0.6 is 11.8 Å². The number of nitro groups is 1. The first-order valence-electron chi connectivity index (χ1n) is 7.04. The number of rotatable bonds is 6. The molecule has 0 radical (unpaired) electrons. The Kier molecular flexibility index (Phi) is 5.76. The van der Waals surface area contributed by atoms with Gasteiger partial charge in [0.15, 0.2) is 0 Å². The number of nitrogens with zero attached hydrogens (tertiary/aromatic N) is 1. The van der Waals surface area contributed by atoms with Gasteiger partial charge in [-0.1, -0.05) is 17.7 Å². The third-order valence-electron chi connectivity index (χ3n) is 3.24. The van der Waals surface area contributed by atoms with Crippen LogP contribution in [0.3, 0.4) is 0 Å². The maximum Gasteiger partial charge on any atom is 0.316 e. The van der Waals surface area contributed by atoms with Crippen LogP contribution in [0.5, 0.6) is 0 Å². The van der Waals surface area contributed by atoms with Crippen molar-refractivity contribution in [1.29, 1.82) is 0 Å². The zero-order valence-corrected chi connectivity index (χ0v) is 13.8. The number of non-ortho nitro benzene ring substituents is 1. The van der Waals surface area contributed by atoms with Gasteiger partial charge in [0.25, 0.3) is 5.69 Å². The Bertz CT molecular complexity index is 713. The third-order valence-corrected chi connectivity index (χ3v) is 4.37. The average Bonchev–Trinajstić information content (AvgIpc) is 2.54. The van der Waals surface area contributed by atoms with Crippen molar-refractivity contribution in [3.63, 3.8) is 0 Å². The predicted octanol–water partition coefficient (Wildman–Crippen LogP) is 4.05. The summed E-state index contributed by atoms with van der Waals surface area (Å²) in [4.78, 5) is 23.0. The number of esters is 1. The number of ether oxygens (including phenoxy) is 1. The lowest BCUT2D eigenvalue weighted by molar-refractivity contribution is -0.384. The summed E-state index contributed by atoms with van der Waals surface area (Å²) in [5.74, 6) is -0.0775. The van der Waals surface area contributed by atoms with Gasteiger partial charge in [0.2, 0.25) is 0 Å². The molecule has 6 heteroatoms. The van der Waals surface area contributed by atoms with Crippen LogP contribution in [0.15, 0.2) is 47.4 Å². The van der Waals surface area contributed by atoms with E-state index in [0.29, 0.717) is 0 Å². The molecule has 2 aromatic rings. The fourth-order valence-electron chi connectivity index (χ4n) is 1.92. The second-order valence-corrected chi connectivity index (χ2v) is 6.16. The number of benzene rings is 2. The molecule has 2 rings (SSSR count). The second kappa shape index (κ2) is 7.78. The maximum atomic E-state index is 11.8. The fraction of sp³-hybridized carbons (Fsp3) is 0.235. The maximum absolute atomic E-state index is 11.8. The molecular formula is C17H17NO4S. The van der Waals surface area contributed by atoms with Crippen LogP contribution in [0.4, 0.5) is 5.69 Å². The van der Waals surface area contributed by atoms with E-state index in [0.717, 1.165) is 21.6 Å². The molecule has 0 aliphatic rings. The van der Waals surface area contributed by atoms with Gasteiger partial charge in [0, 0.05) is 17.0 Å². The van der Waals surface area contributed by atoms with Crippen molar-refractivity contribution >= 4 is 23.4 Å². The van der Waals surface area contributed by atoms with Gasteiger partial charge in [-0.15, -0.1) is 11.8 Å². The van der Waals surface area contributed by atoms with E-state index in [1.54, 1.807) is 12.1 Å². The molecule has 0 aliphatic carbocycles. The van der Waals surface area contributed by atoms with Crippen molar-refractivity contribution in [2.45, 2.75) is 25.3 Å². The molecule has 0 saturated carbocycles. The van der Waals surface area contributed by atoms with Crippen molar-refractivity contribution in [2.75, 3.05) is 5.75 Å². The van der Waals surface area contributed by atoms with E-state index < -0.39 is 4.92 Å². The Morgan fingerprint density at radius 3 is 2.52 bits per heavy atom. The summed E-state index contributed by atoms with van der Waals surface area (Å²) in [6.45, 7) is 4.13. The van der Waals surface area contributed by atoms with Crippen LogP contribution in [0.1, 0.15) is 16.7 Å². The molecule has 0 amide bonds.